The van der Waals surface area contributed by atoms with Crippen LogP contribution in [-0.2, 0) is 16.0 Å². The minimum Gasteiger partial charge on any atom is -0.548 e. The zero-order valence-corrected chi connectivity index (χ0v) is 15.4. The molecule has 0 radical (unpaired) electrons. The first kappa shape index (κ1) is 19.8. The van der Waals surface area contributed by atoms with E-state index in [0.717, 1.165) is 23.8 Å². The van der Waals surface area contributed by atoms with E-state index in [9.17, 15) is 19.5 Å². The van der Waals surface area contributed by atoms with Gasteiger partial charge in [0.1, 0.15) is 11.3 Å². The molecule has 0 bridgehead atoms. The molecular weight excluding hydrogens is 358 g/mol. The normalized spacial score (nSPS) is 11.9. The smallest absolute Gasteiger partial charge is 0.336 e. The van der Waals surface area contributed by atoms with Crippen LogP contribution in [0.4, 0.5) is 0 Å². The van der Waals surface area contributed by atoms with Crippen LogP contribution in [0.25, 0.3) is 11.0 Å². The van der Waals surface area contributed by atoms with Gasteiger partial charge in [0.05, 0.1) is 12.0 Å². The van der Waals surface area contributed by atoms with Crippen molar-refractivity contribution < 1.29 is 23.8 Å². The van der Waals surface area contributed by atoms with Crippen molar-refractivity contribution in [3.05, 3.63) is 40.2 Å². The number of carboxylic acids is 1. The zero-order valence-electron chi connectivity index (χ0n) is 14.6. The van der Waals surface area contributed by atoms with E-state index in [1.165, 1.54) is 17.8 Å². The van der Waals surface area contributed by atoms with E-state index in [1.54, 1.807) is 24.5 Å². The Bertz CT molecular complexity index is 847. The van der Waals surface area contributed by atoms with Gasteiger partial charge in [-0.15, -0.1) is 0 Å². The number of nitrogens with one attached hydrogen (secondary N) is 1. The highest BCUT2D eigenvalue weighted by Crippen LogP contribution is 2.23. The minimum atomic E-state index is -1.34. The van der Waals surface area contributed by atoms with Crippen LogP contribution in [0.2, 0.25) is 0 Å². The molecule has 1 atom stereocenters. The van der Waals surface area contributed by atoms with Crippen molar-refractivity contribution in [3.63, 3.8) is 0 Å². The molecule has 0 aliphatic carbocycles. The second-order valence-corrected chi connectivity index (χ2v) is 6.59. The Balaban J connectivity index is 2.08. The minimum absolute atomic E-state index is 0.204. The molecule has 1 amide bonds. The second-order valence-electron chi connectivity index (χ2n) is 5.68. The largest absolute Gasteiger partial charge is 0.548 e. The Morgan fingerprint density at radius 3 is 2.77 bits per heavy atom. The summed E-state index contributed by atoms with van der Waals surface area (Å²) in [5, 5.41) is 14.1. The highest BCUT2D eigenvalue weighted by molar-refractivity contribution is 7.98. The number of thioether (sulfide) groups is 1. The maximum atomic E-state index is 11.9. The van der Waals surface area contributed by atoms with Crippen LogP contribution in [0.5, 0.6) is 5.75 Å². The average molecular weight is 378 g/mol. The third kappa shape index (κ3) is 5.26. The molecule has 1 heterocycles. The lowest BCUT2D eigenvalue weighted by Gasteiger charge is -2.18. The predicted molar refractivity (Wildman–Crippen MR) is 97.3 cm³/mol. The van der Waals surface area contributed by atoms with Gasteiger partial charge in [0, 0.05) is 23.3 Å². The highest BCUT2D eigenvalue weighted by atomic mass is 32.2. The van der Waals surface area contributed by atoms with Crippen LogP contribution in [0, 0.1) is 0 Å². The monoisotopic (exact) mass is 378 g/mol. The van der Waals surface area contributed by atoms with Crippen molar-refractivity contribution >= 4 is 34.6 Å². The molecule has 0 unspecified atom stereocenters. The van der Waals surface area contributed by atoms with Crippen LogP contribution in [0.3, 0.4) is 0 Å². The molecule has 0 aliphatic rings. The Labute approximate surface area is 154 Å². The molecule has 2 aromatic rings. The zero-order chi connectivity index (χ0) is 19.1. The fourth-order valence-electron chi connectivity index (χ4n) is 2.50. The molecular formula is C18H20NO6S-. The molecule has 1 N–H and O–H groups in total. The standard InChI is InChI=1S/C18H21NO6S/c1-3-4-11-7-17(21)25-15-8-12(5-6-13(11)15)24-9-16(20)19-14(10-26-2)18(22)23/h5-8,14H,3-4,9-10H2,1-2H3,(H,19,20)(H,22,23)/p-1/t14-/m0/s1. The van der Waals surface area contributed by atoms with Crippen LogP contribution >= 0.6 is 11.8 Å². The Morgan fingerprint density at radius 2 is 2.12 bits per heavy atom. The van der Waals surface area contributed by atoms with Gasteiger partial charge < -0.3 is 24.4 Å². The third-order valence-corrected chi connectivity index (χ3v) is 4.31. The topological polar surface area (TPSA) is 109 Å². The lowest BCUT2D eigenvalue weighted by molar-refractivity contribution is -0.307. The van der Waals surface area contributed by atoms with Crippen LogP contribution < -0.4 is 20.8 Å². The molecule has 7 nitrogen and oxygen atoms in total. The first-order valence-corrected chi connectivity index (χ1v) is 9.52. The lowest BCUT2D eigenvalue weighted by atomic mass is 10.1. The van der Waals surface area contributed by atoms with Crippen LogP contribution in [-0.4, -0.2) is 36.5 Å². The number of carbonyl (C=O) groups is 2. The number of benzene rings is 1. The number of hydrogen-bond acceptors (Lipinski definition) is 7. The van der Waals surface area contributed by atoms with Crippen molar-refractivity contribution in [2.75, 3.05) is 18.6 Å². The molecule has 0 aliphatic heterocycles. The summed E-state index contributed by atoms with van der Waals surface area (Å²) < 4.78 is 10.6. The SMILES string of the molecule is CCCc1cc(=O)oc2cc(OCC(=O)N[C@@H](CSC)C(=O)[O-])ccc12. The first-order chi connectivity index (χ1) is 12.4. The van der Waals surface area contributed by atoms with Gasteiger partial charge in [-0.05, 0) is 30.4 Å². The highest BCUT2D eigenvalue weighted by Gasteiger charge is 2.14. The summed E-state index contributed by atoms with van der Waals surface area (Å²) in [6, 6.07) is 5.39. The number of amides is 1. The maximum Gasteiger partial charge on any atom is 0.336 e. The average Bonchev–Trinajstić information content (AvgIpc) is 2.59. The molecule has 8 heteroatoms. The summed E-state index contributed by atoms with van der Waals surface area (Å²) >= 11 is 1.28. The van der Waals surface area contributed by atoms with Gasteiger partial charge in [-0.1, -0.05) is 13.3 Å². The van der Waals surface area contributed by atoms with Gasteiger partial charge >= 0.3 is 5.63 Å². The molecule has 26 heavy (non-hydrogen) atoms. The second kappa shape index (κ2) is 9.28. The Morgan fingerprint density at radius 1 is 1.35 bits per heavy atom. The Hall–Kier alpha value is -2.48. The molecule has 2 rings (SSSR count). The molecule has 0 spiro atoms. The predicted octanol–water partition coefficient (Wildman–Crippen LogP) is 0.722. The van der Waals surface area contributed by atoms with Gasteiger partial charge in [0.15, 0.2) is 6.61 Å². The van der Waals surface area contributed by atoms with Crippen LogP contribution in [0.15, 0.2) is 33.5 Å². The van der Waals surface area contributed by atoms with Crippen molar-refractivity contribution in [2.24, 2.45) is 0 Å². The van der Waals surface area contributed by atoms with E-state index >= 15 is 0 Å². The number of aryl methyl sites for hydroxylation is 1. The Kier molecular flexibility index (Phi) is 7.08. The van der Waals surface area contributed by atoms with E-state index in [1.807, 2.05) is 6.92 Å². The summed E-state index contributed by atoms with van der Waals surface area (Å²) in [6.45, 7) is 1.66. The van der Waals surface area contributed by atoms with E-state index in [0.29, 0.717) is 11.3 Å². The van der Waals surface area contributed by atoms with Gasteiger partial charge in [-0.3, -0.25) is 4.79 Å². The van der Waals surface area contributed by atoms with Crippen molar-refractivity contribution in [2.45, 2.75) is 25.8 Å². The molecule has 140 valence electrons. The molecule has 0 fully saturated rings. The van der Waals surface area contributed by atoms with Gasteiger partial charge in [0.25, 0.3) is 5.91 Å². The van der Waals surface area contributed by atoms with Gasteiger partial charge in [-0.2, -0.15) is 11.8 Å². The fraction of sp³-hybridized carbons (Fsp3) is 0.389. The van der Waals surface area contributed by atoms with E-state index in [4.69, 9.17) is 9.15 Å². The summed E-state index contributed by atoms with van der Waals surface area (Å²) in [5.74, 6) is -1.37. The number of ether oxygens (including phenoxy) is 1. The number of carbonyl (C=O) groups excluding carboxylic acids is 2. The van der Waals surface area contributed by atoms with Gasteiger partial charge in [0.2, 0.25) is 0 Å². The van der Waals surface area contributed by atoms with Crippen LogP contribution in [0.1, 0.15) is 18.9 Å². The van der Waals surface area contributed by atoms with E-state index in [2.05, 4.69) is 5.32 Å². The quantitative estimate of drug-likeness (QED) is 0.641. The van der Waals surface area contributed by atoms with Crippen molar-refractivity contribution in [1.29, 1.82) is 0 Å². The van der Waals surface area contributed by atoms with E-state index < -0.39 is 23.5 Å². The third-order valence-electron chi connectivity index (χ3n) is 3.64. The molecule has 0 saturated carbocycles. The summed E-state index contributed by atoms with van der Waals surface area (Å²) in [5.41, 5.74) is 0.843. The summed E-state index contributed by atoms with van der Waals surface area (Å²) in [6.07, 6.45) is 3.38. The van der Waals surface area contributed by atoms with Crippen molar-refractivity contribution in [1.82, 2.24) is 5.32 Å². The first-order valence-electron chi connectivity index (χ1n) is 8.13. The molecule has 1 aromatic carbocycles. The summed E-state index contributed by atoms with van der Waals surface area (Å²) in [7, 11) is 0. The lowest BCUT2D eigenvalue weighted by Crippen LogP contribution is -2.50. The number of aliphatic carboxylic acids is 1. The number of carboxylic acid groups (broad SMARTS) is 1. The van der Waals surface area contributed by atoms with E-state index in [-0.39, 0.29) is 12.4 Å². The summed E-state index contributed by atoms with van der Waals surface area (Å²) in [4.78, 5) is 34.5. The molecule has 1 aromatic heterocycles. The van der Waals surface area contributed by atoms with Gasteiger partial charge in [-0.25, -0.2) is 4.79 Å². The number of rotatable bonds is 9. The van der Waals surface area contributed by atoms with Crippen molar-refractivity contribution in [3.8, 4) is 5.75 Å². The number of fused-ring (bicyclic) bond motifs is 1. The number of hydrogen-bond donors (Lipinski definition) is 1. The fourth-order valence-corrected chi connectivity index (χ4v) is 3.05. The molecule has 0 saturated heterocycles. The maximum absolute atomic E-state index is 11.9.